The standard InChI is InChI=1S/C15H28N2/c16-15-5-3-1-2-4-13(15)11-17(14-8-9-14)10-12-6-7-12/h12-15H,1-11,16H2. The van der Waals surface area contributed by atoms with Crippen molar-refractivity contribution < 1.29 is 0 Å². The van der Waals surface area contributed by atoms with Crippen molar-refractivity contribution in [2.24, 2.45) is 17.6 Å². The lowest BCUT2D eigenvalue weighted by Crippen LogP contribution is -2.40. The van der Waals surface area contributed by atoms with Gasteiger partial charge in [-0.2, -0.15) is 0 Å². The molecule has 0 radical (unpaired) electrons. The SMILES string of the molecule is NC1CCCCCC1CN(CC1CC1)C1CC1. The van der Waals surface area contributed by atoms with Gasteiger partial charge in [0.05, 0.1) is 0 Å². The molecule has 0 amide bonds. The summed E-state index contributed by atoms with van der Waals surface area (Å²) >= 11 is 0. The largest absolute Gasteiger partial charge is 0.327 e. The molecule has 3 fully saturated rings. The lowest BCUT2D eigenvalue weighted by molar-refractivity contribution is 0.191. The van der Waals surface area contributed by atoms with Crippen LogP contribution >= 0.6 is 0 Å². The minimum Gasteiger partial charge on any atom is -0.327 e. The Morgan fingerprint density at radius 3 is 2.29 bits per heavy atom. The Morgan fingerprint density at radius 1 is 0.824 bits per heavy atom. The summed E-state index contributed by atoms with van der Waals surface area (Å²) in [6, 6.07) is 1.42. The molecular weight excluding hydrogens is 208 g/mol. The molecular formula is C15H28N2. The first-order chi connectivity index (χ1) is 8.33. The Bertz CT molecular complexity index is 245. The molecule has 3 saturated carbocycles. The molecule has 0 aromatic carbocycles. The highest BCUT2D eigenvalue weighted by Gasteiger charge is 2.35. The van der Waals surface area contributed by atoms with Crippen molar-refractivity contribution in [2.75, 3.05) is 13.1 Å². The first-order valence-corrected chi connectivity index (χ1v) is 7.82. The van der Waals surface area contributed by atoms with Crippen molar-refractivity contribution >= 4 is 0 Å². The van der Waals surface area contributed by atoms with Crippen LogP contribution in [-0.4, -0.2) is 30.1 Å². The highest BCUT2D eigenvalue weighted by molar-refractivity contribution is 4.91. The average molecular weight is 236 g/mol. The van der Waals surface area contributed by atoms with Crippen molar-refractivity contribution in [3.63, 3.8) is 0 Å². The van der Waals surface area contributed by atoms with Gasteiger partial charge in [0, 0.05) is 25.2 Å². The minimum atomic E-state index is 0.484. The number of rotatable bonds is 5. The van der Waals surface area contributed by atoms with Crippen LogP contribution in [-0.2, 0) is 0 Å². The summed E-state index contributed by atoms with van der Waals surface area (Å²) in [6.07, 6.45) is 12.7. The molecule has 0 spiro atoms. The van der Waals surface area contributed by atoms with Gasteiger partial charge in [0.25, 0.3) is 0 Å². The van der Waals surface area contributed by atoms with E-state index in [1.807, 2.05) is 0 Å². The van der Waals surface area contributed by atoms with Crippen LogP contribution in [0.2, 0.25) is 0 Å². The lowest BCUT2D eigenvalue weighted by Gasteiger charge is -2.30. The Morgan fingerprint density at radius 2 is 1.59 bits per heavy atom. The fourth-order valence-electron chi connectivity index (χ4n) is 3.39. The zero-order chi connectivity index (χ0) is 11.7. The topological polar surface area (TPSA) is 29.3 Å². The zero-order valence-electron chi connectivity index (χ0n) is 11.1. The molecule has 0 aliphatic heterocycles. The molecule has 0 bridgehead atoms. The van der Waals surface area contributed by atoms with E-state index >= 15 is 0 Å². The summed E-state index contributed by atoms with van der Waals surface area (Å²) in [5.74, 6) is 1.83. The molecule has 0 saturated heterocycles. The van der Waals surface area contributed by atoms with Crippen LogP contribution in [0.15, 0.2) is 0 Å². The summed E-state index contributed by atoms with van der Waals surface area (Å²) < 4.78 is 0. The predicted octanol–water partition coefficient (Wildman–Crippen LogP) is 2.77. The Balaban J connectivity index is 1.53. The van der Waals surface area contributed by atoms with E-state index in [1.54, 1.807) is 0 Å². The van der Waals surface area contributed by atoms with E-state index in [9.17, 15) is 0 Å². The molecule has 3 rings (SSSR count). The van der Waals surface area contributed by atoms with E-state index in [0.29, 0.717) is 6.04 Å². The molecule has 2 atom stereocenters. The molecule has 0 aromatic heterocycles. The second kappa shape index (κ2) is 5.27. The fraction of sp³-hybridized carbons (Fsp3) is 1.00. The van der Waals surface area contributed by atoms with Crippen LogP contribution in [0.1, 0.15) is 57.8 Å². The first-order valence-electron chi connectivity index (χ1n) is 7.82. The van der Waals surface area contributed by atoms with Crippen LogP contribution in [0.4, 0.5) is 0 Å². The molecule has 0 heterocycles. The van der Waals surface area contributed by atoms with Gasteiger partial charge in [-0.15, -0.1) is 0 Å². The molecule has 2 heteroatoms. The van der Waals surface area contributed by atoms with Crippen molar-refractivity contribution in [1.29, 1.82) is 0 Å². The summed E-state index contributed by atoms with van der Waals surface area (Å²) in [4.78, 5) is 2.80. The third-order valence-corrected chi connectivity index (χ3v) is 4.94. The molecule has 3 aliphatic rings. The third-order valence-electron chi connectivity index (χ3n) is 4.94. The van der Waals surface area contributed by atoms with Crippen molar-refractivity contribution in [2.45, 2.75) is 69.9 Å². The van der Waals surface area contributed by atoms with Gasteiger partial charge >= 0.3 is 0 Å². The van der Waals surface area contributed by atoms with Gasteiger partial charge in [-0.05, 0) is 50.4 Å². The maximum atomic E-state index is 6.37. The van der Waals surface area contributed by atoms with E-state index in [0.717, 1.165) is 17.9 Å². The second-order valence-electron chi connectivity index (χ2n) is 6.69. The molecule has 17 heavy (non-hydrogen) atoms. The molecule has 2 unspecified atom stereocenters. The monoisotopic (exact) mass is 236 g/mol. The number of nitrogens with two attached hydrogens (primary N) is 1. The van der Waals surface area contributed by atoms with Gasteiger partial charge in [-0.1, -0.05) is 19.3 Å². The highest BCUT2D eigenvalue weighted by Crippen LogP contribution is 2.36. The second-order valence-corrected chi connectivity index (χ2v) is 6.69. The number of nitrogens with zero attached hydrogens (tertiary/aromatic N) is 1. The maximum absolute atomic E-state index is 6.37. The van der Waals surface area contributed by atoms with Gasteiger partial charge in [-0.3, -0.25) is 4.90 Å². The lowest BCUT2D eigenvalue weighted by atomic mass is 9.94. The van der Waals surface area contributed by atoms with E-state index in [1.165, 1.54) is 70.9 Å². The van der Waals surface area contributed by atoms with Gasteiger partial charge < -0.3 is 5.73 Å². The predicted molar refractivity (Wildman–Crippen MR) is 71.9 cm³/mol. The molecule has 2 N–H and O–H groups in total. The van der Waals surface area contributed by atoms with Gasteiger partial charge in [0.2, 0.25) is 0 Å². The van der Waals surface area contributed by atoms with Crippen LogP contribution in [0.5, 0.6) is 0 Å². The summed E-state index contributed by atoms with van der Waals surface area (Å²) in [6.45, 7) is 2.69. The average Bonchev–Trinajstić information content (AvgIpc) is 3.17. The minimum absolute atomic E-state index is 0.484. The molecule has 3 aliphatic carbocycles. The normalized spacial score (nSPS) is 34.9. The summed E-state index contributed by atoms with van der Waals surface area (Å²) in [5, 5.41) is 0. The van der Waals surface area contributed by atoms with Crippen LogP contribution in [0.25, 0.3) is 0 Å². The Hall–Kier alpha value is -0.0800. The van der Waals surface area contributed by atoms with Gasteiger partial charge in [0.15, 0.2) is 0 Å². The highest BCUT2D eigenvalue weighted by atomic mass is 15.2. The number of hydrogen-bond acceptors (Lipinski definition) is 2. The molecule has 2 nitrogen and oxygen atoms in total. The summed E-state index contributed by atoms with van der Waals surface area (Å²) in [7, 11) is 0. The summed E-state index contributed by atoms with van der Waals surface area (Å²) in [5.41, 5.74) is 6.37. The van der Waals surface area contributed by atoms with Crippen molar-refractivity contribution in [1.82, 2.24) is 4.90 Å². The van der Waals surface area contributed by atoms with E-state index in [2.05, 4.69) is 4.90 Å². The smallest absolute Gasteiger partial charge is 0.00966 e. The quantitative estimate of drug-likeness (QED) is 0.744. The first kappa shape index (κ1) is 12.0. The van der Waals surface area contributed by atoms with E-state index in [4.69, 9.17) is 5.73 Å². The van der Waals surface area contributed by atoms with Gasteiger partial charge in [-0.25, -0.2) is 0 Å². The Kier molecular flexibility index (Phi) is 3.72. The third kappa shape index (κ3) is 3.45. The molecule has 0 aromatic rings. The Labute approximate surface area is 106 Å². The zero-order valence-corrected chi connectivity index (χ0v) is 11.1. The van der Waals surface area contributed by atoms with E-state index < -0.39 is 0 Å². The maximum Gasteiger partial charge on any atom is 0.00966 e. The van der Waals surface area contributed by atoms with Crippen LogP contribution < -0.4 is 5.73 Å². The number of hydrogen-bond donors (Lipinski definition) is 1. The fourth-order valence-corrected chi connectivity index (χ4v) is 3.39. The van der Waals surface area contributed by atoms with Crippen molar-refractivity contribution in [3.05, 3.63) is 0 Å². The van der Waals surface area contributed by atoms with Crippen molar-refractivity contribution in [3.8, 4) is 0 Å². The molecule has 98 valence electrons. The van der Waals surface area contributed by atoms with Crippen LogP contribution in [0.3, 0.4) is 0 Å². The van der Waals surface area contributed by atoms with Crippen LogP contribution in [0, 0.1) is 11.8 Å². The van der Waals surface area contributed by atoms with E-state index in [-0.39, 0.29) is 0 Å². The van der Waals surface area contributed by atoms with Gasteiger partial charge in [0.1, 0.15) is 0 Å².